The predicted octanol–water partition coefficient (Wildman–Crippen LogP) is 14.2. The Morgan fingerprint density at radius 3 is 1.82 bits per heavy atom. The fraction of sp³-hybridized carbons (Fsp3) is 0.0702. The lowest BCUT2D eigenvalue weighted by molar-refractivity contribution is 0.630. The molecule has 62 heavy (non-hydrogen) atoms. The van der Waals surface area contributed by atoms with Gasteiger partial charge in [0.25, 0.3) is 0 Å². The molecule has 2 unspecified atom stereocenters. The van der Waals surface area contributed by atoms with E-state index < -0.39 is 0 Å². The summed E-state index contributed by atoms with van der Waals surface area (Å²) in [7, 11) is 0. The summed E-state index contributed by atoms with van der Waals surface area (Å²) < 4.78 is 2.33. The van der Waals surface area contributed by atoms with Gasteiger partial charge in [0.05, 0.1) is 17.3 Å². The van der Waals surface area contributed by atoms with E-state index in [1.807, 2.05) is 0 Å². The number of allylic oxidation sites excluding steroid dienone is 4. The van der Waals surface area contributed by atoms with Crippen LogP contribution >= 0.6 is 0 Å². The normalized spacial score (nSPS) is 16.2. The Bertz CT molecular complexity index is 3230. The van der Waals surface area contributed by atoms with E-state index in [1.54, 1.807) is 0 Å². The van der Waals surface area contributed by atoms with Gasteiger partial charge in [0.2, 0.25) is 5.95 Å². The second-order valence-corrected chi connectivity index (χ2v) is 16.3. The molecule has 9 aromatic rings. The number of hydrogen-bond donors (Lipinski definition) is 0. The molecule has 0 saturated heterocycles. The lowest BCUT2D eigenvalue weighted by Crippen LogP contribution is -2.26. The Balaban J connectivity index is 1.01. The number of aromatic nitrogens is 4. The van der Waals surface area contributed by atoms with Crippen LogP contribution in [0, 0.1) is 0 Å². The second kappa shape index (κ2) is 15.0. The van der Waals surface area contributed by atoms with Gasteiger partial charge in [-0.25, -0.2) is 4.98 Å². The van der Waals surface area contributed by atoms with Gasteiger partial charge in [-0.1, -0.05) is 188 Å². The summed E-state index contributed by atoms with van der Waals surface area (Å²) in [5.41, 5.74) is 16.2. The minimum Gasteiger partial charge on any atom is -0.331 e. The van der Waals surface area contributed by atoms with E-state index in [2.05, 4.69) is 222 Å². The van der Waals surface area contributed by atoms with E-state index in [0.29, 0.717) is 17.6 Å². The first-order valence-electron chi connectivity index (χ1n) is 21.5. The SMILES string of the molecule is C1=CC(c2nc(-c3ccc(-c4ccc(-c5ccccc5)cc4)cc3)nc(-n3c4c(c5ccccc53)C=CC3c5ccccc5N(c5cccc(-c6ccccc6)c5)C43)n2)=CCC1. The molecule has 3 aliphatic rings. The van der Waals surface area contributed by atoms with Gasteiger partial charge >= 0.3 is 0 Å². The average Bonchev–Trinajstić information content (AvgIpc) is 3.88. The van der Waals surface area contributed by atoms with E-state index in [0.717, 1.165) is 46.3 Å². The number of benzene rings is 7. The lowest BCUT2D eigenvalue weighted by atomic mass is 9.86. The van der Waals surface area contributed by atoms with Crippen molar-refractivity contribution in [3.05, 3.63) is 229 Å². The van der Waals surface area contributed by atoms with Crippen LogP contribution in [-0.2, 0) is 0 Å². The topological polar surface area (TPSA) is 46.8 Å². The second-order valence-electron chi connectivity index (χ2n) is 16.3. The van der Waals surface area contributed by atoms with Crippen molar-refractivity contribution in [2.24, 2.45) is 0 Å². The summed E-state index contributed by atoms with van der Waals surface area (Å²) in [6.45, 7) is 0. The number of anilines is 2. The number of hydrogen-bond acceptors (Lipinski definition) is 4. The minimum atomic E-state index is -0.0594. The lowest BCUT2D eigenvalue weighted by Gasteiger charge is -2.33. The maximum atomic E-state index is 5.41. The van der Waals surface area contributed by atoms with Crippen molar-refractivity contribution in [3.63, 3.8) is 0 Å². The Morgan fingerprint density at radius 1 is 0.484 bits per heavy atom. The zero-order valence-corrected chi connectivity index (χ0v) is 34.0. The van der Waals surface area contributed by atoms with E-state index in [4.69, 9.17) is 15.0 Å². The van der Waals surface area contributed by atoms with Crippen LogP contribution in [0.25, 0.3) is 73.3 Å². The van der Waals surface area contributed by atoms with Crippen molar-refractivity contribution in [1.82, 2.24) is 19.5 Å². The third-order valence-corrected chi connectivity index (χ3v) is 12.7. The summed E-state index contributed by atoms with van der Waals surface area (Å²) in [6.07, 6.45) is 13.3. The van der Waals surface area contributed by atoms with Gasteiger partial charge < -0.3 is 4.90 Å². The van der Waals surface area contributed by atoms with E-state index in [9.17, 15) is 0 Å². The molecule has 5 nitrogen and oxygen atoms in total. The number of para-hydroxylation sites is 2. The van der Waals surface area contributed by atoms with Crippen molar-refractivity contribution < 1.29 is 0 Å². The van der Waals surface area contributed by atoms with Gasteiger partial charge in [0, 0.05) is 39.4 Å². The summed E-state index contributed by atoms with van der Waals surface area (Å²) in [5, 5.41) is 1.18. The predicted molar refractivity (Wildman–Crippen MR) is 254 cm³/mol. The van der Waals surface area contributed by atoms with Gasteiger partial charge in [-0.15, -0.1) is 0 Å². The van der Waals surface area contributed by atoms with E-state index in [-0.39, 0.29) is 12.0 Å². The highest BCUT2D eigenvalue weighted by atomic mass is 15.3. The van der Waals surface area contributed by atoms with Crippen LogP contribution in [-0.4, -0.2) is 19.5 Å². The molecule has 2 atom stereocenters. The molecule has 3 heterocycles. The summed E-state index contributed by atoms with van der Waals surface area (Å²) in [5.74, 6) is 2.05. The Morgan fingerprint density at radius 2 is 1.10 bits per heavy atom. The molecule has 0 saturated carbocycles. The molecule has 1 aliphatic heterocycles. The first kappa shape index (κ1) is 36.0. The van der Waals surface area contributed by atoms with Crippen LogP contribution in [0.2, 0.25) is 0 Å². The summed E-state index contributed by atoms with van der Waals surface area (Å²) >= 11 is 0. The van der Waals surface area contributed by atoms with Crippen LogP contribution in [0.3, 0.4) is 0 Å². The molecular formula is C57H41N5. The van der Waals surface area contributed by atoms with Crippen molar-refractivity contribution in [2.45, 2.75) is 24.8 Å². The molecule has 0 radical (unpaired) electrons. The van der Waals surface area contributed by atoms with Crippen molar-refractivity contribution in [2.75, 3.05) is 4.90 Å². The van der Waals surface area contributed by atoms with Gasteiger partial charge in [-0.05, 0) is 76.1 Å². The van der Waals surface area contributed by atoms with Crippen molar-refractivity contribution >= 4 is 33.9 Å². The van der Waals surface area contributed by atoms with Crippen LogP contribution in [0.1, 0.15) is 47.4 Å². The monoisotopic (exact) mass is 795 g/mol. The first-order valence-corrected chi connectivity index (χ1v) is 21.5. The minimum absolute atomic E-state index is 0.0594. The fourth-order valence-corrected chi connectivity index (χ4v) is 9.70. The number of rotatable bonds is 7. The molecule has 0 amide bonds. The average molecular weight is 796 g/mol. The largest absolute Gasteiger partial charge is 0.331 e. The summed E-state index contributed by atoms with van der Waals surface area (Å²) in [6, 6.07) is 65.1. The Labute approximate surface area is 361 Å². The maximum Gasteiger partial charge on any atom is 0.238 e. The molecular weight excluding hydrogens is 755 g/mol. The van der Waals surface area contributed by atoms with Crippen LogP contribution < -0.4 is 4.90 Å². The maximum absolute atomic E-state index is 5.41. The molecule has 2 aromatic heterocycles. The molecule has 12 rings (SSSR count). The third kappa shape index (κ3) is 6.12. The van der Waals surface area contributed by atoms with Gasteiger partial charge in [0.1, 0.15) is 0 Å². The Kier molecular flexibility index (Phi) is 8.70. The van der Waals surface area contributed by atoms with Gasteiger partial charge in [-0.2, -0.15) is 9.97 Å². The summed E-state index contributed by atoms with van der Waals surface area (Å²) in [4.78, 5) is 18.5. The number of fused-ring (bicyclic) bond motifs is 7. The van der Waals surface area contributed by atoms with Crippen molar-refractivity contribution in [3.8, 4) is 50.7 Å². The van der Waals surface area contributed by atoms with Crippen LogP contribution in [0.4, 0.5) is 11.4 Å². The highest BCUT2D eigenvalue weighted by Crippen LogP contribution is 2.57. The zero-order valence-electron chi connectivity index (χ0n) is 34.0. The standard InChI is InChI=1S/C57H41N5/c1-4-15-38(16-5-1)40-27-29-41(30-28-40)42-31-33-44(34-32-42)56-58-55(43-19-8-3-9-20-43)59-57(60-56)62-52-26-13-11-24-48(52)50-36-35-49-47-23-10-12-25-51(47)61(53(49)54(50)62)46-22-14-21-45(37-46)39-17-6-2-7-18-39/h1-2,4-8,10-37,49,53H,3,9H2. The quantitative estimate of drug-likeness (QED) is 0.161. The van der Waals surface area contributed by atoms with Crippen LogP contribution in [0.15, 0.2) is 206 Å². The molecule has 0 N–H and O–H groups in total. The molecule has 0 spiro atoms. The van der Waals surface area contributed by atoms with E-state index >= 15 is 0 Å². The molecule has 0 fully saturated rings. The van der Waals surface area contributed by atoms with Crippen molar-refractivity contribution in [1.29, 1.82) is 0 Å². The van der Waals surface area contributed by atoms with Gasteiger partial charge in [0.15, 0.2) is 11.6 Å². The van der Waals surface area contributed by atoms with E-state index in [1.165, 1.54) is 50.1 Å². The Hall–Kier alpha value is -7.89. The first-order chi connectivity index (χ1) is 30.7. The fourth-order valence-electron chi connectivity index (χ4n) is 9.70. The molecule has 5 heteroatoms. The molecule has 0 bridgehead atoms. The number of nitrogens with zero attached hydrogens (tertiary/aromatic N) is 5. The zero-order chi connectivity index (χ0) is 41.0. The van der Waals surface area contributed by atoms with Gasteiger partial charge in [-0.3, -0.25) is 4.57 Å². The molecule has 294 valence electrons. The third-order valence-electron chi connectivity index (χ3n) is 12.7. The molecule has 7 aromatic carbocycles. The highest BCUT2D eigenvalue weighted by Gasteiger charge is 2.44. The smallest absolute Gasteiger partial charge is 0.238 e. The highest BCUT2D eigenvalue weighted by molar-refractivity contribution is 5.95. The molecule has 2 aliphatic carbocycles. The van der Waals surface area contributed by atoms with Crippen LogP contribution in [0.5, 0.6) is 0 Å².